The first-order valence-corrected chi connectivity index (χ1v) is 8.00. The summed E-state index contributed by atoms with van der Waals surface area (Å²) in [5, 5.41) is 15.0. The SMILES string of the molecule is CC(C)(Oc1ccc(Cl)cc1)C(=O)NN=Cc1ccc([N+](=O)[O-])s1. The summed E-state index contributed by atoms with van der Waals surface area (Å²) in [5.74, 6) is 0.0390. The summed E-state index contributed by atoms with van der Waals surface area (Å²) in [5.41, 5.74) is 1.20. The van der Waals surface area contributed by atoms with E-state index >= 15 is 0 Å². The fourth-order valence-corrected chi connectivity index (χ4v) is 2.46. The van der Waals surface area contributed by atoms with E-state index < -0.39 is 16.4 Å². The largest absolute Gasteiger partial charge is 0.478 e. The summed E-state index contributed by atoms with van der Waals surface area (Å²) >= 11 is 6.76. The minimum absolute atomic E-state index is 0.00850. The molecule has 1 aromatic carbocycles. The Morgan fingerprint density at radius 3 is 2.58 bits per heavy atom. The van der Waals surface area contributed by atoms with Crippen LogP contribution in [0.5, 0.6) is 5.75 Å². The van der Waals surface area contributed by atoms with Gasteiger partial charge in [-0.25, -0.2) is 5.43 Å². The van der Waals surface area contributed by atoms with Crippen LogP contribution in [-0.4, -0.2) is 22.6 Å². The number of nitrogens with one attached hydrogen (secondary N) is 1. The molecule has 0 radical (unpaired) electrons. The third-order valence-corrected chi connectivity index (χ3v) is 4.11. The minimum atomic E-state index is -1.16. The van der Waals surface area contributed by atoms with Gasteiger partial charge in [-0.15, -0.1) is 0 Å². The summed E-state index contributed by atoms with van der Waals surface area (Å²) in [6.07, 6.45) is 1.34. The van der Waals surface area contributed by atoms with Gasteiger partial charge >= 0.3 is 5.00 Å². The third kappa shape index (κ3) is 4.77. The van der Waals surface area contributed by atoms with Gasteiger partial charge in [-0.2, -0.15) is 5.10 Å². The minimum Gasteiger partial charge on any atom is -0.478 e. The van der Waals surface area contributed by atoms with Crippen molar-refractivity contribution < 1.29 is 14.5 Å². The Kier molecular flexibility index (Phi) is 5.53. The van der Waals surface area contributed by atoms with Crippen LogP contribution >= 0.6 is 22.9 Å². The molecular weight excluding hydrogens is 354 g/mol. The second kappa shape index (κ2) is 7.41. The van der Waals surface area contributed by atoms with E-state index in [0.717, 1.165) is 11.3 Å². The zero-order chi connectivity index (χ0) is 17.7. The molecule has 24 heavy (non-hydrogen) atoms. The molecule has 1 aromatic heterocycles. The predicted octanol–water partition coefficient (Wildman–Crippen LogP) is 3.62. The lowest BCUT2D eigenvalue weighted by Crippen LogP contribution is -2.44. The highest BCUT2D eigenvalue weighted by Gasteiger charge is 2.29. The molecule has 0 unspecified atom stereocenters. The first kappa shape index (κ1) is 17.9. The maximum absolute atomic E-state index is 12.2. The van der Waals surface area contributed by atoms with E-state index in [1.54, 1.807) is 44.2 Å². The van der Waals surface area contributed by atoms with Gasteiger partial charge in [-0.05, 0) is 44.2 Å². The molecule has 1 heterocycles. The predicted molar refractivity (Wildman–Crippen MR) is 92.9 cm³/mol. The summed E-state index contributed by atoms with van der Waals surface area (Å²) in [7, 11) is 0. The van der Waals surface area contributed by atoms with Gasteiger partial charge in [-0.1, -0.05) is 22.9 Å². The Hall–Kier alpha value is -2.45. The highest BCUT2D eigenvalue weighted by Crippen LogP contribution is 2.23. The number of hydrogen-bond acceptors (Lipinski definition) is 6. The van der Waals surface area contributed by atoms with Crippen LogP contribution in [0.15, 0.2) is 41.5 Å². The zero-order valence-corrected chi connectivity index (χ0v) is 14.4. The Morgan fingerprint density at radius 1 is 1.33 bits per heavy atom. The number of rotatable bonds is 6. The van der Waals surface area contributed by atoms with Crippen molar-refractivity contribution in [3.8, 4) is 5.75 Å². The lowest BCUT2D eigenvalue weighted by atomic mass is 10.1. The van der Waals surface area contributed by atoms with Crippen molar-refractivity contribution in [3.05, 3.63) is 56.4 Å². The number of hydrazone groups is 1. The van der Waals surface area contributed by atoms with Gasteiger partial charge in [0.15, 0.2) is 5.60 Å². The first-order chi connectivity index (χ1) is 11.3. The lowest BCUT2D eigenvalue weighted by molar-refractivity contribution is -0.380. The molecule has 0 atom stereocenters. The molecule has 0 aliphatic heterocycles. The van der Waals surface area contributed by atoms with Gasteiger partial charge in [0.1, 0.15) is 5.75 Å². The molecule has 0 spiro atoms. The van der Waals surface area contributed by atoms with Gasteiger partial charge in [0, 0.05) is 11.1 Å². The van der Waals surface area contributed by atoms with Crippen molar-refractivity contribution in [2.75, 3.05) is 0 Å². The number of nitrogens with zero attached hydrogens (tertiary/aromatic N) is 2. The highest BCUT2D eigenvalue weighted by atomic mass is 35.5. The van der Waals surface area contributed by atoms with Crippen molar-refractivity contribution in [1.29, 1.82) is 0 Å². The van der Waals surface area contributed by atoms with E-state index in [2.05, 4.69) is 10.5 Å². The molecule has 0 saturated heterocycles. The molecule has 2 rings (SSSR count). The molecular formula is C15H14ClN3O4S. The van der Waals surface area contributed by atoms with Crippen LogP contribution in [0.25, 0.3) is 0 Å². The molecule has 0 aliphatic carbocycles. The van der Waals surface area contributed by atoms with E-state index in [4.69, 9.17) is 16.3 Å². The van der Waals surface area contributed by atoms with Crippen LogP contribution in [0.4, 0.5) is 5.00 Å². The standard InChI is InChI=1S/C15H14ClN3O4S/c1-15(2,23-11-5-3-10(16)4-6-11)14(20)18-17-9-12-7-8-13(24-12)19(21)22/h3-9H,1-2H3,(H,18,20). The molecule has 126 valence electrons. The van der Waals surface area contributed by atoms with Crippen molar-refractivity contribution >= 4 is 40.1 Å². The average molecular weight is 368 g/mol. The Labute approximate surface area is 147 Å². The number of ether oxygens (including phenoxy) is 1. The number of benzene rings is 1. The molecule has 0 fully saturated rings. The molecule has 9 heteroatoms. The van der Waals surface area contributed by atoms with Crippen LogP contribution in [0.2, 0.25) is 5.02 Å². The highest BCUT2D eigenvalue weighted by molar-refractivity contribution is 7.16. The van der Waals surface area contributed by atoms with E-state index in [0.29, 0.717) is 15.6 Å². The summed E-state index contributed by atoms with van der Waals surface area (Å²) < 4.78 is 5.63. The number of halogens is 1. The maximum Gasteiger partial charge on any atom is 0.324 e. The van der Waals surface area contributed by atoms with Crippen molar-refractivity contribution in [2.24, 2.45) is 5.10 Å². The zero-order valence-electron chi connectivity index (χ0n) is 12.9. The topological polar surface area (TPSA) is 93.8 Å². The summed E-state index contributed by atoms with van der Waals surface area (Å²) in [4.78, 5) is 22.8. The fraction of sp³-hybridized carbons (Fsp3) is 0.200. The van der Waals surface area contributed by atoms with Crippen molar-refractivity contribution in [1.82, 2.24) is 5.43 Å². The van der Waals surface area contributed by atoms with Crippen LogP contribution in [0, 0.1) is 10.1 Å². The number of carbonyl (C=O) groups excluding carboxylic acids is 1. The fourth-order valence-electron chi connectivity index (χ4n) is 1.64. The molecule has 7 nitrogen and oxygen atoms in total. The quantitative estimate of drug-likeness (QED) is 0.479. The maximum atomic E-state index is 12.2. The molecule has 0 saturated carbocycles. The van der Waals surface area contributed by atoms with Crippen LogP contribution in [-0.2, 0) is 4.79 Å². The number of amides is 1. The number of carbonyl (C=O) groups is 1. The van der Waals surface area contributed by atoms with Gasteiger partial charge in [-0.3, -0.25) is 14.9 Å². The molecule has 0 bridgehead atoms. The van der Waals surface area contributed by atoms with E-state index in [1.165, 1.54) is 12.3 Å². The number of thiophene rings is 1. The normalized spacial score (nSPS) is 11.5. The number of nitro groups is 1. The molecule has 1 N–H and O–H groups in total. The lowest BCUT2D eigenvalue weighted by Gasteiger charge is -2.24. The van der Waals surface area contributed by atoms with Crippen molar-refractivity contribution in [3.63, 3.8) is 0 Å². The van der Waals surface area contributed by atoms with Crippen LogP contribution in [0.3, 0.4) is 0 Å². The molecule has 2 aromatic rings. The molecule has 1 amide bonds. The van der Waals surface area contributed by atoms with Gasteiger partial charge in [0.05, 0.1) is 16.0 Å². The van der Waals surface area contributed by atoms with Gasteiger partial charge in [0.2, 0.25) is 0 Å². The first-order valence-electron chi connectivity index (χ1n) is 6.80. The summed E-state index contributed by atoms with van der Waals surface area (Å²) in [6, 6.07) is 9.56. The monoisotopic (exact) mass is 367 g/mol. The van der Waals surface area contributed by atoms with E-state index in [-0.39, 0.29) is 5.00 Å². The van der Waals surface area contributed by atoms with Gasteiger partial charge < -0.3 is 4.74 Å². The smallest absolute Gasteiger partial charge is 0.324 e. The van der Waals surface area contributed by atoms with E-state index in [1.807, 2.05) is 0 Å². The third-order valence-electron chi connectivity index (χ3n) is 2.88. The second-order valence-corrected chi connectivity index (χ2v) is 6.73. The number of hydrogen-bond donors (Lipinski definition) is 1. The molecule has 0 aliphatic rings. The Bertz CT molecular complexity index is 771. The average Bonchev–Trinajstić information content (AvgIpc) is 2.98. The second-order valence-electron chi connectivity index (χ2n) is 5.20. The Morgan fingerprint density at radius 2 is 2.00 bits per heavy atom. The summed E-state index contributed by atoms with van der Waals surface area (Å²) in [6.45, 7) is 3.20. The van der Waals surface area contributed by atoms with Crippen LogP contribution in [0.1, 0.15) is 18.7 Å². The Balaban J connectivity index is 1.95. The van der Waals surface area contributed by atoms with E-state index in [9.17, 15) is 14.9 Å². The van der Waals surface area contributed by atoms with Gasteiger partial charge in [0.25, 0.3) is 5.91 Å². The van der Waals surface area contributed by atoms with Crippen molar-refractivity contribution in [2.45, 2.75) is 19.4 Å². The van der Waals surface area contributed by atoms with Crippen LogP contribution < -0.4 is 10.2 Å².